The fourth-order valence-corrected chi connectivity index (χ4v) is 2.37. The topological polar surface area (TPSA) is 99.3 Å². The van der Waals surface area contributed by atoms with Crippen molar-refractivity contribution in [2.45, 2.75) is 20.4 Å². The predicted octanol–water partition coefficient (Wildman–Crippen LogP) is 1.85. The third kappa shape index (κ3) is 3.47. The Bertz CT molecular complexity index is 739. The van der Waals surface area contributed by atoms with E-state index in [4.69, 9.17) is 4.74 Å². The lowest BCUT2D eigenvalue weighted by atomic mass is 10.2. The number of methoxy groups -OCH3 is 1. The van der Waals surface area contributed by atoms with Crippen LogP contribution in [0.25, 0.3) is 0 Å². The van der Waals surface area contributed by atoms with E-state index < -0.39 is 4.92 Å². The Kier molecular flexibility index (Phi) is 4.95. The molecule has 122 valence electrons. The molecule has 23 heavy (non-hydrogen) atoms. The number of nitro groups is 1. The zero-order valence-electron chi connectivity index (χ0n) is 13.2. The van der Waals surface area contributed by atoms with Gasteiger partial charge in [0.05, 0.1) is 24.1 Å². The van der Waals surface area contributed by atoms with Gasteiger partial charge in [-0.05, 0) is 26.0 Å². The maximum absolute atomic E-state index is 12.2. The number of nitrogens with one attached hydrogen (secondary N) is 1. The van der Waals surface area contributed by atoms with Gasteiger partial charge < -0.3 is 10.1 Å². The highest BCUT2D eigenvalue weighted by molar-refractivity contribution is 5.96. The summed E-state index contributed by atoms with van der Waals surface area (Å²) in [6.45, 7) is 3.88. The average molecular weight is 318 g/mol. The Labute approximate surface area is 133 Å². The molecule has 0 aliphatic heterocycles. The summed E-state index contributed by atoms with van der Waals surface area (Å²) in [5, 5.41) is 17.9. The Balaban J connectivity index is 2.02. The van der Waals surface area contributed by atoms with Gasteiger partial charge in [-0.2, -0.15) is 5.10 Å². The van der Waals surface area contributed by atoms with Gasteiger partial charge in [-0.3, -0.25) is 19.6 Å². The summed E-state index contributed by atoms with van der Waals surface area (Å²) in [6.07, 6.45) is 0. The van der Waals surface area contributed by atoms with Gasteiger partial charge in [-0.15, -0.1) is 0 Å². The monoisotopic (exact) mass is 318 g/mol. The van der Waals surface area contributed by atoms with Crippen LogP contribution in [-0.2, 0) is 6.54 Å². The normalized spacial score (nSPS) is 10.4. The molecule has 0 aliphatic carbocycles. The number of carbonyl (C=O) groups excluding carboxylic acids is 1. The molecule has 0 bridgehead atoms. The number of ether oxygens (including phenoxy) is 1. The van der Waals surface area contributed by atoms with Crippen LogP contribution in [0.2, 0.25) is 0 Å². The van der Waals surface area contributed by atoms with E-state index in [2.05, 4.69) is 10.4 Å². The van der Waals surface area contributed by atoms with Crippen LogP contribution in [0.5, 0.6) is 5.75 Å². The second-order valence-electron chi connectivity index (χ2n) is 4.96. The highest BCUT2D eigenvalue weighted by Crippen LogP contribution is 2.21. The maximum Gasteiger partial charge on any atom is 0.312 e. The van der Waals surface area contributed by atoms with Crippen molar-refractivity contribution in [2.24, 2.45) is 0 Å². The molecule has 1 heterocycles. The van der Waals surface area contributed by atoms with Crippen molar-refractivity contribution in [1.82, 2.24) is 15.1 Å². The van der Waals surface area contributed by atoms with Gasteiger partial charge >= 0.3 is 5.69 Å². The molecule has 8 heteroatoms. The lowest BCUT2D eigenvalue weighted by Crippen LogP contribution is -2.28. The smallest absolute Gasteiger partial charge is 0.312 e. The Morgan fingerprint density at radius 3 is 2.70 bits per heavy atom. The van der Waals surface area contributed by atoms with E-state index in [0.717, 1.165) is 0 Å². The second-order valence-corrected chi connectivity index (χ2v) is 4.96. The van der Waals surface area contributed by atoms with Gasteiger partial charge in [0.2, 0.25) is 0 Å². The quantitative estimate of drug-likeness (QED) is 0.647. The van der Waals surface area contributed by atoms with Crippen LogP contribution in [0.4, 0.5) is 5.69 Å². The summed E-state index contributed by atoms with van der Waals surface area (Å²) < 4.78 is 6.67. The van der Waals surface area contributed by atoms with Crippen LogP contribution in [-0.4, -0.2) is 34.3 Å². The lowest BCUT2D eigenvalue weighted by Gasteiger charge is -2.09. The zero-order valence-corrected chi connectivity index (χ0v) is 13.2. The Hall–Kier alpha value is -2.90. The van der Waals surface area contributed by atoms with E-state index in [1.54, 1.807) is 38.1 Å². The molecule has 2 rings (SSSR count). The summed E-state index contributed by atoms with van der Waals surface area (Å²) in [5.41, 5.74) is 1.29. The minimum atomic E-state index is -0.443. The number of carbonyl (C=O) groups is 1. The van der Waals surface area contributed by atoms with E-state index in [9.17, 15) is 14.9 Å². The zero-order chi connectivity index (χ0) is 17.0. The minimum Gasteiger partial charge on any atom is -0.496 e. The number of benzene rings is 1. The van der Waals surface area contributed by atoms with Gasteiger partial charge in [0.1, 0.15) is 17.1 Å². The van der Waals surface area contributed by atoms with Gasteiger partial charge in [0, 0.05) is 6.54 Å². The van der Waals surface area contributed by atoms with Crippen molar-refractivity contribution in [2.75, 3.05) is 13.7 Å². The van der Waals surface area contributed by atoms with E-state index in [-0.39, 0.29) is 11.6 Å². The van der Waals surface area contributed by atoms with Crippen LogP contribution >= 0.6 is 0 Å². The first-order valence-corrected chi connectivity index (χ1v) is 7.05. The van der Waals surface area contributed by atoms with Gasteiger partial charge in [0.25, 0.3) is 5.91 Å². The number of hydrogen-bond acceptors (Lipinski definition) is 5. The number of hydrogen-bond donors (Lipinski definition) is 1. The minimum absolute atomic E-state index is 0.0149. The molecule has 8 nitrogen and oxygen atoms in total. The number of para-hydroxylation sites is 1. The van der Waals surface area contributed by atoms with Crippen molar-refractivity contribution in [1.29, 1.82) is 0 Å². The van der Waals surface area contributed by atoms with Crippen LogP contribution in [0, 0.1) is 24.0 Å². The van der Waals surface area contributed by atoms with E-state index >= 15 is 0 Å². The Morgan fingerprint density at radius 2 is 2.09 bits per heavy atom. The van der Waals surface area contributed by atoms with Crippen molar-refractivity contribution in [3.05, 3.63) is 51.3 Å². The van der Waals surface area contributed by atoms with E-state index in [1.807, 2.05) is 0 Å². The molecule has 2 aromatic rings. The molecule has 1 aromatic carbocycles. The molecule has 0 unspecified atom stereocenters. The fraction of sp³-hybridized carbons (Fsp3) is 0.333. The summed E-state index contributed by atoms with van der Waals surface area (Å²) in [5.74, 6) is 0.227. The molecular formula is C15H18N4O4. The first-order chi connectivity index (χ1) is 11.0. The molecule has 0 spiro atoms. The molecule has 0 saturated heterocycles. The lowest BCUT2D eigenvalue weighted by molar-refractivity contribution is -0.386. The molecule has 0 aliphatic rings. The Morgan fingerprint density at radius 1 is 1.39 bits per heavy atom. The van der Waals surface area contributed by atoms with Crippen LogP contribution in [0.3, 0.4) is 0 Å². The molecule has 0 atom stereocenters. The van der Waals surface area contributed by atoms with Gasteiger partial charge in [-0.25, -0.2) is 0 Å². The molecule has 1 aromatic heterocycles. The average Bonchev–Trinajstić information content (AvgIpc) is 2.81. The molecule has 0 saturated carbocycles. The summed E-state index contributed by atoms with van der Waals surface area (Å²) in [7, 11) is 1.50. The molecule has 0 radical (unpaired) electrons. The third-order valence-electron chi connectivity index (χ3n) is 3.49. The van der Waals surface area contributed by atoms with Crippen LogP contribution < -0.4 is 10.1 Å². The first kappa shape index (κ1) is 16.5. The maximum atomic E-state index is 12.2. The third-order valence-corrected chi connectivity index (χ3v) is 3.49. The van der Waals surface area contributed by atoms with Gasteiger partial charge in [-0.1, -0.05) is 12.1 Å². The van der Waals surface area contributed by atoms with Gasteiger partial charge in [0.15, 0.2) is 0 Å². The summed E-state index contributed by atoms with van der Waals surface area (Å²) >= 11 is 0. The highest BCUT2D eigenvalue weighted by Gasteiger charge is 2.21. The van der Waals surface area contributed by atoms with E-state index in [1.165, 1.54) is 11.8 Å². The van der Waals surface area contributed by atoms with Crippen molar-refractivity contribution in [3.63, 3.8) is 0 Å². The molecular weight excluding hydrogens is 300 g/mol. The molecule has 1 amide bonds. The van der Waals surface area contributed by atoms with Crippen LogP contribution in [0.15, 0.2) is 24.3 Å². The summed E-state index contributed by atoms with van der Waals surface area (Å²) in [4.78, 5) is 22.7. The molecule has 0 fully saturated rings. The van der Waals surface area contributed by atoms with Crippen molar-refractivity contribution in [3.8, 4) is 5.75 Å². The first-order valence-electron chi connectivity index (χ1n) is 7.05. The number of aryl methyl sites for hydroxylation is 1. The second kappa shape index (κ2) is 6.91. The number of rotatable bonds is 6. The van der Waals surface area contributed by atoms with Crippen molar-refractivity contribution >= 4 is 11.6 Å². The predicted molar refractivity (Wildman–Crippen MR) is 83.7 cm³/mol. The fourth-order valence-electron chi connectivity index (χ4n) is 2.37. The SMILES string of the molecule is COc1ccccc1C(=O)NCCn1nc(C)c([N+](=O)[O-])c1C. The highest BCUT2D eigenvalue weighted by atomic mass is 16.6. The summed E-state index contributed by atoms with van der Waals surface area (Å²) in [6, 6.07) is 6.91. The van der Waals surface area contributed by atoms with E-state index in [0.29, 0.717) is 35.8 Å². The van der Waals surface area contributed by atoms with Crippen molar-refractivity contribution < 1.29 is 14.5 Å². The van der Waals surface area contributed by atoms with Crippen LogP contribution in [0.1, 0.15) is 21.7 Å². The number of amides is 1. The standard InChI is InChI=1S/C15H18N4O4/c1-10-14(19(21)22)11(2)18(17-10)9-8-16-15(20)12-6-4-5-7-13(12)23-3/h4-7H,8-9H2,1-3H3,(H,16,20). The molecule has 1 N–H and O–H groups in total. The largest absolute Gasteiger partial charge is 0.496 e. The number of aromatic nitrogens is 2. The number of nitrogens with zero attached hydrogens (tertiary/aromatic N) is 3.